The standard InChI is InChI=1S/C14H5Br4NO2/c15-10-7(6-4-2-1-3-5-6)8-9(11(16)12(10)17)14(21)19(18)13(8)20/h1-5H. The second-order valence-corrected chi connectivity index (χ2v) is 7.41. The smallest absolute Gasteiger partial charge is 0.268 e. The second kappa shape index (κ2) is 5.61. The lowest BCUT2D eigenvalue weighted by Gasteiger charge is -2.13. The van der Waals surface area contributed by atoms with Gasteiger partial charge in [-0.2, -0.15) is 0 Å². The van der Waals surface area contributed by atoms with E-state index in [2.05, 4.69) is 63.9 Å². The summed E-state index contributed by atoms with van der Waals surface area (Å²) in [4.78, 5) is 24.7. The fourth-order valence-corrected chi connectivity index (χ4v) is 4.45. The Kier molecular flexibility index (Phi) is 4.11. The van der Waals surface area contributed by atoms with Gasteiger partial charge in [0.25, 0.3) is 11.8 Å². The number of amides is 2. The van der Waals surface area contributed by atoms with Crippen LogP contribution in [0.4, 0.5) is 0 Å². The first-order valence-corrected chi connectivity index (χ1v) is 8.84. The molecule has 1 heterocycles. The summed E-state index contributed by atoms with van der Waals surface area (Å²) in [5.74, 6) is -0.755. The Morgan fingerprint density at radius 1 is 0.714 bits per heavy atom. The molecule has 2 aromatic carbocycles. The van der Waals surface area contributed by atoms with Gasteiger partial charge in [0.05, 0.1) is 27.3 Å². The van der Waals surface area contributed by atoms with Gasteiger partial charge in [-0.1, -0.05) is 30.3 Å². The van der Waals surface area contributed by atoms with Crippen molar-refractivity contribution < 1.29 is 9.59 Å². The van der Waals surface area contributed by atoms with Crippen molar-refractivity contribution in [1.29, 1.82) is 0 Å². The van der Waals surface area contributed by atoms with E-state index in [0.29, 0.717) is 25.6 Å². The van der Waals surface area contributed by atoms with Gasteiger partial charge >= 0.3 is 0 Å². The Morgan fingerprint density at radius 3 is 1.86 bits per heavy atom. The van der Waals surface area contributed by atoms with Gasteiger partial charge in [0.1, 0.15) is 0 Å². The zero-order valence-corrected chi connectivity index (χ0v) is 16.5. The number of hydrogen-bond acceptors (Lipinski definition) is 2. The second-order valence-electron chi connectivity index (χ2n) is 4.32. The fourth-order valence-electron chi connectivity index (χ4n) is 2.24. The Bertz CT molecular complexity index is 790. The van der Waals surface area contributed by atoms with Crippen molar-refractivity contribution in [2.45, 2.75) is 0 Å². The largest absolute Gasteiger partial charge is 0.273 e. The van der Waals surface area contributed by atoms with Crippen LogP contribution in [0.5, 0.6) is 0 Å². The van der Waals surface area contributed by atoms with Crippen LogP contribution in [0.1, 0.15) is 20.7 Å². The number of benzene rings is 2. The minimum absolute atomic E-state index is 0.353. The summed E-state index contributed by atoms with van der Waals surface area (Å²) in [5, 5.41) is 0. The first-order chi connectivity index (χ1) is 9.95. The maximum absolute atomic E-state index is 12.4. The number of carbonyl (C=O) groups excluding carboxylic acids is 2. The molecule has 0 saturated heterocycles. The molecule has 0 aromatic heterocycles. The summed E-state index contributed by atoms with van der Waals surface area (Å²) in [7, 11) is 0. The molecular weight excluding hydrogens is 534 g/mol. The van der Waals surface area contributed by atoms with Crippen LogP contribution < -0.4 is 0 Å². The highest BCUT2D eigenvalue weighted by Crippen LogP contribution is 2.47. The van der Waals surface area contributed by atoms with Gasteiger partial charge in [0.15, 0.2) is 0 Å². The molecule has 106 valence electrons. The van der Waals surface area contributed by atoms with E-state index in [-0.39, 0.29) is 11.8 Å². The molecule has 21 heavy (non-hydrogen) atoms. The highest BCUT2D eigenvalue weighted by molar-refractivity contribution is 9.14. The van der Waals surface area contributed by atoms with Crippen LogP contribution in [0, 0.1) is 0 Å². The van der Waals surface area contributed by atoms with Crippen LogP contribution in [0.15, 0.2) is 43.7 Å². The SMILES string of the molecule is O=C1c2c(Br)c(Br)c(Br)c(-c3ccccc3)c2C(=O)N1Br. The van der Waals surface area contributed by atoms with Crippen molar-refractivity contribution in [3.8, 4) is 11.1 Å². The molecule has 1 aliphatic rings. The van der Waals surface area contributed by atoms with Crippen molar-refractivity contribution in [3.63, 3.8) is 0 Å². The number of rotatable bonds is 1. The van der Waals surface area contributed by atoms with Gasteiger partial charge in [-0.3, -0.25) is 9.59 Å². The molecule has 0 spiro atoms. The van der Waals surface area contributed by atoms with E-state index < -0.39 is 0 Å². The number of carbonyl (C=O) groups is 2. The Hall–Kier alpha value is -0.500. The number of nitrogens with zero attached hydrogens (tertiary/aromatic N) is 1. The van der Waals surface area contributed by atoms with Crippen LogP contribution >= 0.6 is 63.9 Å². The lowest BCUT2D eigenvalue weighted by atomic mass is 9.96. The van der Waals surface area contributed by atoms with E-state index in [9.17, 15) is 9.59 Å². The Morgan fingerprint density at radius 2 is 1.24 bits per heavy atom. The molecule has 1 aliphatic heterocycles. The molecule has 0 fully saturated rings. The van der Waals surface area contributed by atoms with E-state index in [1.807, 2.05) is 30.3 Å². The molecule has 0 unspecified atom stereocenters. The predicted octanol–water partition coefficient (Wildman–Crippen LogP) is 5.55. The maximum atomic E-state index is 12.4. The monoisotopic (exact) mass is 535 g/mol. The number of fused-ring (bicyclic) bond motifs is 1. The zero-order chi connectivity index (χ0) is 15.3. The average Bonchev–Trinajstić information content (AvgIpc) is 2.71. The highest BCUT2D eigenvalue weighted by atomic mass is 79.9. The molecular formula is C14H5Br4NO2. The van der Waals surface area contributed by atoms with Gasteiger partial charge in [0, 0.05) is 19.0 Å². The number of imide groups is 1. The molecule has 2 amide bonds. The normalized spacial score (nSPS) is 13.8. The lowest BCUT2D eigenvalue weighted by molar-refractivity contribution is 0.0785. The fraction of sp³-hybridized carbons (Fsp3) is 0. The molecule has 0 N–H and O–H groups in total. The summed E-state index contributed by atoms with van der Waals surface area (Å²) in [6.45, 7) is 0. The van der Waals surface area contributed by atoms with Gasteiger partial charge < -0.3 is 0 Å². The Labute approximate surface area is 154 Å². The minimum Gasteiger partial charge on any atom is -0.268 e. The van der Waals surface area contributed by atoms with Gasteiger partial charge in [-0.15, -0.1) is 0 Å². The summed E-state index contributed by atoms with van der Waals surface area (Å²) < 4.78 is 2.94. The molecule has 0 atom stereocenters. The van der Waals surface area contributed by atoms with Crippen molar-refractivity contribution in [3.05, 3.63) is 54.9 Å². The summed E-state index contributed by atoms with van der Waals surface area (Å²) in [6, 6.07) is 9.47. The van der Waals surface area contributed by atoms with Crippen LogP contribution in [0.25, 0.3) is 11.1 Å². The average molecular weight is 539 g/mol. The molecule has 0 aliphatic carbocycles. The van der Waals surface area contributed by atoms with E-state index in [1.165, 1.54) is 0 Å². The van der Waals surface area contributed by atoms with Crippen molar-refractivity contribution in [2.75, 3.05) is 0 Å². The third kappa shape index (κ3) is 2.25. The third-order valence-corrected chi connectivity index (χ3v) is 7.26. The first kappa shape index (κ1) is 15.4. The van der Waals surface area contributed by atoms with E-state index in [4.69, 9.17) is 0 Å². The van der Waals surface area contributed by atoms with Crippen LogP contribution in [-0.2, 0) is 0 Å². The first-order valence-electron chi connectivity index (χ1n) is 5.75. The summed E-state index contributed by atoms with van der Waals surface area (Å²) in [5.41, 5.74) is 2.29. The van der Waals surface area contributed by atoms with Gasteiger partial charge in [-0.25, -0.2) is 3.93 Å². The van der Waals surface area contributed by atoms with E-state index in [0.717, 1.165) is 14.0 Å². The summed E-state index contributed by atoms with van der Waals surface area (Å²) in [6.07, 6.45) is 0. The maximum Gasteiger partial charge on any atom is 0.273 e. The van der Waals surface area contributed by atoms with Crippen molar-refractivity contribution >= 4 is 75.8 Å². The molecule has 3 rings (SSSR count). The van der Waals surface area contributed by atoms with Gasteiger partial charge in [0.2, 0.25) is 0 Å². The molecule has 0 saturated carbocycles. The lowest BCUT2D eigenvalue weighted by Crippen LogP contribution is -2.17. The van der Waals surface area contributed by atoms with Crippen LogP contribution in [-0.4, -0.2) is 15.7 Å². The van der Waals surface area contributed by atoms with Crippen LogP contribution in [0.3, 0.4) is 0 Å². The predicted molar refractivity (Wildman–Crippen MR) is 94.4 cm³/mol. The number of halogens is 4. The molecule has 7 heteroatoms. The third-order valence-electron chi connectivity index (χ3n) is 3.17. The number of hydrogen-bond donors (Lipinski definition) is 0. The zero-order valence-electron chi connectivity index (χ0n) is 10.2. The quantitative estimate of drug-likeness (QED) is 0.271. The minimum atomic E-state index is -0.382. The summed E-state index contributed by atoms with van der Waals surface area (Å²) >= 11 is 13.4. The molecule has 0 radical (unpaired) electrons. The topological polar surface area (TPSA) is 37.4 Å². The Balaban J connectivity index is 2.45. The highest BCUT2D eigenvalue weighted by Gasteiger charge is 2.40. The van der Waals surface area contributed by atoms with E-state index >= 15 is 0 Å². The van der Waals surface area contributed by atoms with Gasteiger partial charge in [-0.05, 0) is 53.4 Å². The van der Waals surface area contributed by atoms with Crippen molar-refractivity contribution in [1.82, 2.24) is 3.93 Å². The molecule has 3 nitrogen and oxygen atoms in total. The van der Waals surface area contributed by atoms with Crippen LogP contribution in [0.2, 0.25) is 0 Å². The molecule has 0 bridgehead atoms. The molecule has 2 aromatic rings. The van der Waals surface area contributed by atoms with E-state index in [1.54, 1.807) is 0 Å². The van der Waals surface area contributed by atoms with Crippen molar-refractivity contribution in [2.24, 2.45) is 0 Å².